The van der Waals surface area contributed by atoms with E-state index in [1.54, 1.807) is 18.3 Å². The van der Waals surface area contributed by atoms with E-state index in [1.165, 1.54) is 11.3 Å². The molecule has 0 atom stereocenters. The lowest BCUT2D eigenvalue weighted by Crippen LogP contribution is -2.49. The van der Waals surface area contributed by atoms with E-state index in [4.69, 9.17) is 11.6 Å². The Kier molecular flexibility index (Phi) is 4.29. The largest absolute Gasteiger partial charge is 0.368 e. The molecule has 2 aromatic rings. The van der Waals surface area contributed by atoms with Crippen molar-refractivity contribution in [2.75, 3.05) is 31.1 Å². The van der Waals surface area contributed by atoms with Crippen LogP contribution in [0.2, 0.25) is 5.02 Å². The third kappa shape index (κ3) is 3.22. The fourth-order valence-corrected chi connectivity index (χ4v) is 2.84. The molecule has 5 heteroatoms. The van der Waals surface area contributed by atoms with Gasteiger partial charge >= 0.3 is 0 Å². The van der Waals surface area contributed by atoms with Crippen molar-refractivity contribution in [1.82, 2.24) is 9.88 Å². The van der Waals surface area contributed by atoms with Crippen molar-refractivity contribution >= 4 is 23.2 Å². The maximum Gasteiger partial charge on any atom is 0.272 e. The highest BCUT2D eigenvalue weighted by Gasteiger charge is 2.23. The second-order valence-corrected chi connectivity index (χ2v) is 5.91. The molecule has 0 saturated carbocycles. The van der Waals surface area contributed by atoms with Crippen LogP contribution in [-0.4, -0.2) is 42.0 Å². The maximum absolute atomic E-state index is 12.4. The van der Waals surface area contributed by atoms with Gasteiger partial charge in [-0.25, -0.2) is 0 Å². The van der Waals surface area contributed by atoms with Gasteiger partial charge in [-0.15, -0.1) is 0 Å². The maximum atomic E-state index is 12.4. The molecule has 1 aliphatic rings. The smallest absolute Gasteiger partial charge is 0.272 e. The minimum absolute atomic E-state index is 0.0496. The van der Waals surface area contributed by atoms with Crippen LogP contribution < -0.4 is 4.90 Å². The zero-order valence-corrected chi connectivity index (χ0v) is 13.3. The number of nitrogens with zero attached hydrogens (tertiary/aromatic N) is 3. The summed E-state index contributed by atoms with van der Waals surface area (Å²) in [5, 5.41) is 0.539. The molecule has 1 aliphatic heterocycles. The zero-order valence-electron chi connectivity index (χ0n) is 12.5. The van der Waals surface area contributed by atoms with E-state index in [1.807, 2.05) is 4.90 Å². The Morgan fingerprint density at radius 1 is 1.14 bits per heavy atom. The third-order valence-corrected chi connectivity index (χ3v) is 4.11. The van der Waals surface area contributed by atoms with Crippen LogP contribution >= 0.6 is 11.6 Å². The molecule has 1 amide bonds. The number of hydrogen-bond acceptors (Lipinski definition) is 3. The Labute approximate surface area is 135 Å². The van der Waals surface area contributed by atoms with Crippen molar-refractivity contribution in [3.05, 3.63) is 58.9 Å². The van der Waals surface area contributed by atoms with Crippen molar-refractivity contribution in [2.24, 2.45) is 0 Å². The monoisotopic (exact) mass is 315 g/mol. The highest BCUT2D eigenvalue weighted by atomic mass is 35.5. The van der Waals surface area contributed by atoms with Crippen LogP contribution in [-0.2, 0) is 0 Å². The molecule has 1 saturated heterocycles. The van der Waals surface area contributed by atoms with E-state index in [9.17, 15) is 4.79 Å². The topological polar surface area (TPSA) is 36.4 Å². The Morgan fingerprint density at radius 2 is 1.91 bits per heavy atom. The fraction of sp³-hybridized carbons (Fsp3) is 0.294. The summed E-state index contributed by atoms with van der Waals surface area (Å²) >= 11 is 5.93. The molecule has 1 aromatic carbocycles. The molecule has 114 valence electrons. The van der Waals surface area contributed by atoms with Crippen molar-refractivity contribution in [3.8, 4) is 0 Å². The number of hydrogen-bond donors (Lipinski definition) is 0. The molecular weight excluding hydrogens is 298 g/mol. The SMILES string of the molecule is Cc1cccc(N2CCN(C(=O)c3cc(Cl)ccn3)CC2)c1. The number of carbonyl (C=O) groups is 1. The van der Waals surface area contributed by atoms with E-state index in [0.717, 1.165) is 13.1 Å². The molecule has 1 fully saturated rings. The summed E-state index contributed by atoms with van der Waals surface area (Å²) in [6.45, 7) is 5.14. The number of piperazine rings is 1. The predicted octanol–water partition coefficient (Wildman–Crippen LogP) is 3.01. The highest BCUT2D eigenvalue weighted by molar-refractivity contribution is 6.30. The third-order valence-electron chi connectivity index (χ3n) is 3.87. The fourth-order valence-electron chi connectivity index (χ4n) is 2.68. The average Bonchev–Trinajstić information content (AvgIpc) is 2.54. The van der Waals surface area contributed by atoms with Gasteiger partial charge in [-0.3, -0.25) is 9.78 Å². The summed E-state index contributed by atoms with van der Waals surface area (Å²) in [6, 6.07) is 11.7. The molecule has 1 aromatic heterocycles. The van der Waals surface area contributed by atoms with Gasteiger partial charge in [0.2, 0.25) is 0 Å². The van der Waals surface area contributed by atoms with E-state index in [0.29, 0.717) is 23.8 Å². The number of halogens is 1. The van der Waals surface area contributed by atoms with E-state index >= 15 is 0 Å². The summed E-state index contributed by atoms with van der Waals surface area (Å²) in [7, 11) is 0. The van der Waals surface area contributed by atoms with Gasteiger partial charge in [0, 0.05) is 43.1 Å². The summed E-state index contributed by atoms with van der Waals surface area (Å²) in [6.07, 6.45) is 1.57. The summed E-state index contributed by atoms with van der Waals surface area (Å²) in [4.78, 5) is 20.7. The normalized spacial score (nSPS) is 15.0. The number of carbonyl (C=O) groups excluding carboxylic acids is 1. The Hall–Kier alpha value is -2.07. The molecule has 22 heavy (non-hydrogen) atoms. The summed E-state index contributed by atoms with van der Waals surface area (Å²) in [5.41, 5.74) is 2.88. The number of pyridine rings is 1. The van der Waals surface area contributed by atoms with E-state index in [2.05, 4.69) is 41.1 Å². The Bertz CT molecular complexity index is 681. The number of aryl methyl sites for hydroxylation is 1. The van der Waals surface area contributed by atoms with Crippen LogP contribution in [0.3, 0.4) is 0 Å². The summed E-state index contributed by atoms with van der Waals surface area (Å²) in [5.74, 6) is -0.0496. The van der Waals surface area contributed by atoms with Crippen LogP contribution in [0.25, 0.3) is 0 Å². The molecule has 3 rings (SSSR count). The second kappa shape index (κ2) is 6.36. The first-order valence-electron chi connectivity index (χ1n) is 7.36. The van der Waals surface area contributed by atoms with Crippen LogP contribution in [0.4, 0.5) is 5.69 Å². The standard InChI is InChI=1S/C17H18ClN3O/c1-13-3-2-4-15(11-13)20-7-9-21(10-8-20)17(22)16-12-14(18)5-6-19-16/h2-6,11-12H,7-10H2,1H3. The van der Waals surface area contributed by atoms with Crippen molar-refractivity contribution < 1.29 is 4.79 Å². The van der Waals surface area contributed by atoms with Gasteiger partial charge in [-0.1, -0.05) is 23.7 Å². The molecule has 0 aliphatic carbocycles. The van der Waals surface area contributed by atoms with Crippen molar-refractivity contribution in [2.45, 2.75) is 6.92 Å². The number of aromatic nitrogens is 1. The Morgan fingerprint density at radius 3 is 2.59 bits per heavy atom. The summed E-state index contributed by atoms with van der Waals surface area (Å²) < 4.78 is 0. The first-order chi connectivity index (χ1) is 10.6. The Balaban J connectivity index is 1.65. The van der Waals surface area contributed by atoms with Crippen LogP contribution in [0, 0.1) is 6.92 Å². The van der Waals surface area contributed by atoms with E-state index in [-0.39, 0.29) is 5.91 Å². The molecule has 0 bridgehead atoms. The number of anilines is 1. The van der Waals surface area contributed by atoms with Gasteiger partial charge in [0.1, 0.15) is 5.69 Å². The minimum atomic E-state index is -0.0496. The van der Waals surface area contributed by atoms with Crippen LogP contribution in [0.5, 0.6) is 0 Å². The van der Waals surface area contributed by atoms with Gasteiger partial charge < -0.3 is 9.80 Å². The lowest BCUT2D eigenvalue weighted by atomic mass is 10.2. The molecule has 0 unspecified atom stereocenters. The quantitative estimate of drug-likeness (QED) is 0.855. The van der Waals surface area contributed by atoms with E-state index < -0.39 is 0 Å². The zero-order chi connectivity index (χ0) is 15.5. The number of rotatable bonds is 2. The lowest BCUT2D eigenvalue weighted by molar-refractivity contribution is 0.0741. The first-order valence-corrected chi connectivity index (χ1v) is 7.74. The second-order valence-electron chi connectivity index (χ2n) is 5.48. The van der Waals surface area contributed by atoms with Gasteiger partial charge in [-0.05, 0) is 36.8 Å². The number of amides is 1. The first kappa shape index (κ1) is 14.9. The van der Waals surface area contributed by atoms with Crippen molar-refractivity contribution in [1.29, 1.82) is 0 Å². The molecular formula is C17H18ClN3O. The van der Waals surface area contributed by atoms with Crippen LogP contribution in [0.1, 0.15) is 16.1 Å². The van der Waals surface area contributed by atoms with Crippen LogP contribution in [0.15, 0.2) is 42.6 Å². The van der Waals surface area contributed by atoms with Crippen molar-refractivity contribution in [3.63, 3.8) is 0 Å². The van der Waals surface area contributed by atoms with Gasteiger partial charge in [-0.2, -0.15) is 0 Å². The molecule has 4 nitrogen and oxygen atoms in total. The highest BCUT2D eigenvalue weighted by Crippen LogP contribution is 2.19. The molecule has 0 spiro atoms. The molecule has 2 heterocycles. The number of benzene rings is 1. The molecule has 0 N–H and O–H groups in total. The molecule has 0 radical (unpaired) electrons. The predicted molar refractivity (Wildman–Crippen MR) is 88.5 cm³/mol. The minimum Gasteiger partial charge on any atom is -0.368 e. The van der Waals surface area contributed by atoms with Gasteiger partial charge in [0.15, 0.2) is 0 Å². The van der Waals surface area contributed by atoms with Gasteiger partial charge in [0.25, 0.3) is 5.91 Å². The lowest BCUT2D eigenvalue weighted by Gasteiger charge is -2.36. The average molecular weight is 316 g/mol. The van der Waals surface area contributed by atoms with Gasteiger partial charge in [0.05, 0.1) is 0 Å².